The molecule has 2 rings (SSSR count). The number of benzene rings is 1. The summed E-state index contributed by atoms with van der Waals surface area (Å²) in [7, 11) is 0. The molecule has 4 nitrogen and oxygen atoms in total. The Morgan fingerprint density at radius 2 is 1.67 bits per heavy atom. The number of guanidine groups is 1. The third-order valence-corrected chi connectivity index (χ3v) is 4.14. The smallest absolute Gasteiger partial charge is 0.191 e. The van der Waals surface area contributed by atoms with Crippen LogP contribution < -0.4 is 10.6 Å². The number of piperidine rings is 1. The average Bonchev–Trinajstić information content (AvgIpc) is 2.54. The fourth-order valence-corrected chi connectivity index (χ4v) is 2.96. The first kappa shape index (κ1) is 18.8. The van der Waals surface area contributed by atoms with E-state index in [0.717, 1.165) is 19.0 Å². The Kier molecular flexibility index (Phi) is 7.10. The maximum absolute atomic E-state index is 4.70. The van der Waals surface area contributed by atoms with Crippen LogP contribution in [-0.4, -0.2) is 36.0 Å². The van der Waals surface area contributed by atoms with Gasteiger partial charge in [0.2, 0.25) is 0 Å². The molecule has 1 fully saturated rings. The highest BCUT2D eigenvalue weighted by Gasteiger charge is 2.12. The van der Waals surface area contributed by atoms with Crippen molar-refractivity contribution in [1.29, 1.82) is 0 Å². The molecule has 24 heavy (non-hydrogen) atoms. The third-order valence-electron chi connectivity index (χ3n) is 4.14. The Balaban J connectivity index is 1.90. The molecule has 1 saturated heterocycles. The first-order chi connectivity index (χ1) is 11.5. The second-order valence-corrected chi connectivity index (χ2v) is 7.72. The van der Waals surface area contributed by atoms with Crippen molar-refractivity contribution < 1.29 is 0 Å². The van der Waals surface area contributed by atoms with Gasteiger partial charge in [0, 0.05) is 18.6 Å². The molecule has 1 aromatic rings. The Labute approximate surface area is 147 Å². The Hall–Kier alpha value is -1.55. The van der Waals surface area contributed by atoms with E-state index in [9.17, 15) is 0 Å². The van der Waals surface area contributed by atoms with Crippen LogP contribution in [0.4, 0.5) is 0 Å². The average molecular weight is 331 g/mol. The normalized spacial score (nSPS) is 16.9. The molecule has 0 bridgehead atoms. The van der Waals surface area contributed by atoms with Crippen LogP contribution >= 0.6 is 0 Å². The molecule has 0 aromatic heterocycles. The summed E-state index contributed by atoms with van der Waals surface area (Å²) in [6, 6.07) is 8.93. The first-order valence-electron chi connectivity index (χ1n) is 9.33. The van der Waals surface area contributed by atoms with Crippen molar-refractivity contribution in [2.75, 3.05) is 19.6 Å². The lowest BCUT2D eigenvalue weighted by molar-refractivity contribution is 0.221. The van der Waals surface area contributed by atoms with Crippen LogP contribution in [0.3, 0.4) is 0 Å². The van der Waals surface area contributed by atoms with Crippen molar-refractivity contribution in [2.45, 2.75) is 65.6 Å². The molecule has 1 heterocycles. The summed E-state index contributed by atoms with van der Waals surface area (Å²) in [6.45, 7) is 13.7. The molecule has 4 heteroatoms. The summed E-state index contributed by atoms with van der Waals surface area (Å²) < 4.78 is 0. The number of nitrogens with zero attached hydrogens (tertiary/aromatic N) is 2. The Morgan fingerprint density at radius 1 is 1.04 bits per heavy atom. The molecule has 2 N–H and O–H groups in total. The standard InChI is InChI=1S/C20H34N4/c1-5-21-19(23-20(2,3)4)22-15-17-9-11-18(12-10-17)16-24-13-7-6-8-14-24/h9-12H,5-8,13-16H2,1-4H3,(H2,21,22,23). The van der Waals surface area contributed by atoms with E-state index >= 15 is 0 Å². The van der Waals surface area contributed by atoms with Gasteiger partial charge in [0.1, 0.15) is 0 Å². The zero-order valence-electron chi connectivity index (χ0n) is 15.9. The molecule has 0 spiro atoms. The molecule has 0 aliphatic carbocycles. The summed E-state index contributed by atoms with van der Waals surface area (Å²) in [6.07, 6.45) is 4.09. The zero-order valence-corrected chi connectivity index (χ0v) is 15.9. The minimum atomic E-state index is 0.0132. The van der Waals surface area contributed by atoms with E-state index in [1.54, 1.807) is 0 Å². The van der Waals surface area contributed by atoms with Crippen molar-refractivity contribution in [3.63, 3.8) is 0 Å². The first-order valence-corrected chi connectivity index (χ1v) is 9.33. The van der Waals surface area contributed by atoms with E-state index in [2.05, 4.69) is 67.5 Å². The quantitative estimate of drug-likeness (QED) is 0.641. The Bertz CT molecular complexity index is 507. The minimum absolute atomic E-state index is 0.0132. The molecule has 134 valence electrons. The number of nitrogens with one attached hydrogen (secondary N) is 2. The highest BCUT2D eigenvalue weighted by Crippen LogP contribution is 2.14. The second kappa shape index (κ2) is 9.07. The van der Waals surface area contributed by atoms with E-state index in [4.69, 9.17) is 4.99 Å². The van der Waals surface area contributed by atoms with E-state index in [-0.39, 0.29) is 5.54 Å². The van der Waals surface area contributed by atoms with Gasteiger partial charge in [-0.1, -0.05) is 30.7 Å². The predicted molar refractivity (Wildman–Crippen MR) is 103 cm³/mol. The van der Waals surface area contributed by atoms with Crippen LogP contribution in [0.25, 0.3) is 0 Å². The van der Waals surface area contributed by atoms with Crippen LogP contribution in [-0.2, 0) is 13.1 Å². The zero-order chi connectivity index (χ0) is 17.4. The largest absolute Gasteiger partial charge is 0.357 e. The van der Waals surface area contributed by atoms with Gasteiger partial charge in [-0.2, -0.15) is 0 Å². The lowest BCUT2D eigenvalue weighted by Gasteiger charge is -2.26. The van der Waals surface area contributed by atoms with E-state index in [1.165, 1.54) is 43.5 Å². The molecule has 1 aliphatic heterocycles. The van der Waals surface area contributed by atoms with Gasteiger partial charge >= 0.3 is 0 Å². The number of likely N-dealkylation sites (tertiary alicyclic amines) is 1. The van der Waals surface area contributed by atoms with Crippen LogP contribution in [0.2, 0.25) is 0 Å². The molecule has 0 amide bonds. The van der Waals surface area contributed by atoms with E-state index < -0.39 is 0 Å². The number of aliphatic imine (C=N–C) groups is 1. The van der Waals surface area contributed by atoms with Crippen molar-refractivity contribution in [3.8, 4) is 0 Å². The highest BCUT2D eigenvalue weighted by atomic mass is 15.2. The van der Waals surface area contributed by atoms with Crippen molar-refractivity contribution in [3.05, 3.63) is 35.4 Å². The molecule has 0 saturated carbocycles. The topological polar surface area (TPSA) is 39.7 Å². The fraction of sp³-hybridized carbons (Fsp3) is 0.650. The summed E-state index contributed by atoms with van der Waals surface area (Å²) >= 11 is 0. The van der Waals surface area contributed by atoms with Gasteiger partial charge in [0.15, 0.2) is 5.96 Å². The highest BCUT2D eigenvalue weighted by molar-refractivity contribution is 5.80. The molecular weight excluding hydrogens is 296 g/mol. The molecule has 1 aromatic carbocycles. The van der Waals surface area contributed by atoms with Crippen molar-refractivity contribution >= 4 is 5.96 Å². The van der Waals surface area contributed by atoms with Crippen molar-refractivity contribution in [1.82, 2.24) is 15.5 Å². The lowest BCUT2D eigenvalue weighted by Crippen LogP contribution is -2.47. The van der Waals surface area contributed by atoms with Gasteiger partial charge in [-0.05, 0) is 64.8 Å². The molecule has 1 aliphatic rings. The van der Waals surface area contributed by atoms with Gasteiger partial charge in [-0.25, -0.2) is 4.99 Å². The number of hydrogen-bond donors (Lipinski definition) is 2. The minimum Gasteiger partial charge on any atom is -0.357 e. The third kappa shape index (κ3) is 6.91. The van der Waals surface area contributed by atoms with Crippen LogP contribution in [0.15, 0.2) is 29.3 Å². The summed E-state index contributed by atoms with van der Waals surface area (Å²) in [5.41, 5.74) is 2.67. The maximum atomic E-state index is 4.70. The van der Waals surface area contributed by atoms with Gasteiger partial charge in [-0.15, -0.1) is 0 Å². The molecule has 0 unspecified atom stereocenters. The van der Waals surface area contributed by atoms with Crippen LogP contribution in [0.5, 0.6) is 0 Å². The van der Waals surface area contributed by atoms with Gasteiger partial charge < -0.3 is 10.6 Å². The van der Waals surface area contributed by atoms with Gasteiger partial charge in [0.05, 0.1) is 6.54 Å². The SMILES string of the molecule is CCNC(=NCc1ccc(CN2CCCCC2)cc1)NC(C)(C)C. The van der Waals surface area contributed by atoms with E-state index in [1.807, 2.05) is 0 Å². The Morgan fingerprint density at radius 3 is 2.25 bits per heavy atom. The molecular formula is C20H34N4. The monoisotopic (exact) mass is 330 g/mol. The predicted octanol–water partition coefficient (Wildman–Crippen LogP) is 3.53. The van der Waals surface area contributed by atoms with Gasteiger partial charge in [-0.3, -0.25) is 4.90 Å². The fourth-order valence-electron chi connectivity index (χ4n) is 2.96. The summed E-state index contributed by atoms with van der Waals surface area (Å²) in [4.78, 5) is 7.26. The van der Waals surface area contributed by atoms with Gasteiger partial charge in [0.25, 0.3) is 0 Å². The lowest BCUT2D eigenvalue weighted by atomic mass is 10.1. The second-order valence-electron chi connectivity index (χ2n) is 7.72. The summed E-state index contributed by atoms with van der Waals surface area (Å²) in [5.74, 6) is 0.877. The number of rotatable bonds is 5. The van der Waals surface area contributed by atoms with Crippen molar-refractivity contribution in [2.24, 2.45) is 4.99 Å². The molecule has 0 radical (unpaired) electrons. The van der Waals surface area contributed by atoms with Crippen LogP contribution in [0.1, 0.15) is 58.1 Å². The number of hydrogen-bond acceptors (Lipinski definition) is 2. The van der Waals surface area contributed by atoms with E-state index in [0.29, 0.717) is 6.54 Å². The maximum Gasteiger partial charge on any atom is 0.191 e. The summed E-state index contributed by atoms with van der Waals surface area (Å²) in [5, 5.41) is 6.73. The molecule has 0 atom stereocenters. The van der Waals surface area contributed by atoms with Crippen LogP contribution in [0, 0.1) is 0 Å².